The van der Waals surface area contributed by atoms with Crippen LogP contribution in [0.25, 0.3) is 0 Å². The van der Waals surface area contributed by atoms with Crippen LogP contribution < -0.4 is 5.32 Å². The molecule has 0 bridgehead atoms. The summed E-state index contributed by atoms with van der Waals surface area (Å²) in [4.78, 5) is 4.24. The molecular weight excluding hydrogens is 246 g/mol. The lowest BCUT2D eigenvalue weighted by Crippen LogP contribution is -2.24. The Morgan fingerprint density at radius 2 is 1.84 bits per heavy atom. The molecule has 1 N–H and O–H groups in total. The lowest BCUT2D eigenvalue weighted by atomic mass is 10.1. The first-order chi connectivity index (χ1) is 9.08. The second-order valence-electron chi connectivity index (χ2n) is 4.53. The summed E-state index contributed by atoms with van der Waals surface area (Å²) in [6, 6.07) is 8.78. The maximum atomic E-state index is 13.7. The van der Waals surface area contributed by atoms with E-state index in [0.717, 1.165) is 17.8 Å². The summed E-state index contributed by atoms with van der Waals surface area (Å²) in [5, 5.41) is 3.21. The van der Waals surface area contributed by atoms with E-state index < -0.39 is 11.6 Å². The number of benzene rings is 1. The van der Waals surface area contributed by atoms with E-state index >= 15 is 0 Å². The van der Waals surface area contributed by atoms with Crippen LogP contribution in [-0.2, 0) is 0 Å². The van der Waals surface area contributed by atoms with Crippen molar-refractivity contribution in [3.05, 3.63) is 65.5 Å². The molecule has 2 unspecified atom stereocenters. The Kier molecular flexibility index (Phi) is 4.22. The second kappa shape index (κ2) is 5.89. The summed E-state index contributed by atoms with van der Waals surface area (Å²) in [6.45, 7) is 3.74. The first kappa shape index (κ1) is 13.6. The maximum Gasteiger partial charge on any atom is 0.128 e. The zero-order valence-electron chi connectivity index (χ0n) is 10.9. The van der Waals surface area contributed by atoms with Crippen LogP contribution >= 0.6 is 0 Å². The van der Waals surface area contributed by atoms with Gasteiger partial charge < -0.3 is 5.32 Å². The molecule has 0 aliphatic rings. The van der Waals surface area contributed by atoms with Crippen LogP contribution in [0, 0.1) is 11.6 Å². The molecule has 100 valence electrons. The van der Waals surface area contributed by atoms with Gasteiger partial charge in [0, 0.05) is 23.8 Å². The topological polar surface area (TPSA) is 24.9 Å². The number of halogens is 2. The van der Waals surface area contributed by atoms with Gasteiger partial charge in [0.15, 0.2) is 0 Å². The number of aromatic nitrogens is 1. The van der Waals surface area contributed by atoms with E-state index in [4.69, 9.17) is 0 Å². The van der Waals surface area contributed by atoms with Gasteiger partial charge in [0.1, 0.15) is 11.6 Å². The second-order valence-corrected chi connectivity index (χ2v) is 4.53. The van der Waals surface area contributed by atoms with Gasteiger partial charge in [0.25, 0.3) is 0 Å². The third-order valence-electron chi connectivity index (χ3n) is 3.06. The Morgan fingerprint density at radius 1 is 1.05 bits per heavy atom. The fourth-order valence-corrected chi connectivity index (χ4v) is 2.03. The molecule has 1 aromatic carbocycles. The van der Waals surface area contributed by atoms with Gasteiger partial charge in [-0.25, -0.2) is 8.78 Å². The van der Waals surface area contributed by atoms with Gasteiger partial charge in [-0.05, 0) is 44.2 Å². The van der Waals surface area contributed by atoms with Crippen LogP contribution in [0.5, 0.6) is 0 Å². The highest BCUT2D eigenvalue weighted by Gasteiger charge is 2.15. The van der Waals surface area contributed by atoms with Crippen molar-refractivity contribution in [2.24, 2.45) is 0 Å². The summed E-state index contributed by atoms with van der Waals surface area (Å²) in [7, 11) is 0. The SMILES string of the molecule is CC(NC(C)c1cc(F)ccc1F)c1ccccn1. The lowest BCUT2D eigenvalue weighted by molar-refractivity contribution is 0.464. The average molecular weight is 262 g/mol. The summed E-state index contributed by atoms with van der Waals surface area (Å²) in [6.07, 6.45) is 1.71. The predicted octanol–water partition coefficient (Wildman–Crippen LogP) is 3.77. The molecule has 0 radical (unpaired) electrons. The zero-order chi connectivity index (χ0) is 13.8. The molecule has 0 saturated heterocycles. The summed E-state index contributed by atoms with van der Waals surface area (Å²) >= 11 is 0. The van der Waals surface area contributed by atoms with Gasteiger partial charge in [-0.3, -0.25) is 4.98 Å². The lowest BCUT2D eigenvalue weighted by Gasteiger charge is -2.20. The average Bonchev–Trinajstić information content (AvgIpc) is 2.42. The molecule has 2 atom stereocenters. The number of hydrogen-bond acceptors (Lipinski definition) is 2. The molecule has 2 nitrogen and oxygen atoms in total. The van der Waals surface area contributed by atoms with Crippen LogP contribution in [0.15, 0.2) is 42.6 Å². The Bertz CT molecular complexity index is 543. The van der Waals surface area contributed by atoms with E-state index in [0.29, 0.717) is 5.56 Å². The smallest absolute Gasteiger partial charge is 0.128 e. The first-order valence-electron chi connectivity index (χ1n) is 6.20. The minimum absolute atomic E-state index is 0.0427. The number of nitrogens with zero attached hydrogens (tertiary/aromatic N) is 1. The molecular formula is C15H16F2N2. The number of rotatable bonds is 4. The van der Waals surface area contributed by atoms with Crippen LogP contribution in [0.1, 0.15) is 37.2 Å². The van der Waals surface area contributed by atoms with Crippen molar-refractivity contribution in [2.75, 3.05) is 0 Å². The number of nitrogens with one attached hydrogen (secondary N) is 1. The Labute approximate surface area is 111 Å². The van der Waals surface area contributed by atoms with Crippen LogP contribution in [0.2, 0.25) is 0 Å². The molecule has 0 aliphatic heterocycles. The van der Waals surface area contributed by atoms with E-state index in [9.17, 15) is 8.78 Å². The highest BCUT2D eigenvalue weighted by Crippen LogP contribution is 2.21. The minimum Gasteiger partial charge on any atom is -0.302 e. The highest BCUT2D eigenvalue weighted by atomic mass is 19.1. The van der Waals surface area contributed by atoms with Gasteiger partial charge in [-0.15, -0.1) is 0 Å². The molecule has 2 aromatic rings. The third kappa shape index (κ3) is 3.35. The molecule has 1 heterocycles. The Balaban J connectivity index is 2.13. The standard InChI is InChI=1S/C15H16F2N2/c1-10(13-9-12(16)6-7-14(13)17)19-11(2)15-5-3-4-8-18-15/h3-11,19H,1-2H3. The molecule has 0 fully saturated rings. The summed E-state index contributed by atoms with van der Waals surface area (Å²) in [5.74, 6) is -0.842. The van der Waals surface area contributed by atoms with E-state index in [1.165, 1.54) is 6.07 Å². The molecule has 4 heteroatoms. The van der Waals surface area contributed by atoms with Crippen molar-refractivity contribution in [3.8, 4) is 0 Å². The molecule has 19 heavy (non-hydrogen) atoms. The fourth-order valence-electron chi connectivity index (χ4n) is 2.03. The molecule has 0 amide bonds. The van der Waals surface area contributed by atoms with Gasteiger partial charge in [0.2, 0.25) is 0 Å². The van der Waals surface area contributed by atoms with Crippen molar-refractivity contribution in [3.63, 3.8) is 0 Å². The molecule has 1 aromatic heterocycles. The highest BCUT2D eigenvalue weighted by molar-refractivity contribution is 5.22. The summed E-state index contributed by atoms with van der Waals surface area (Å²) in [5.41, 5.74) is 1.19. The summed E-state index contributed by atoms with van der Waals surface area (Å²) < 4.78 is 26.8. The largest absolute Gasteiger partial charge is 0.302 e. The quantitative estimate of drug-likeness (QED) is 0.907. The first-order valence-corrected chi connectivity index (χ1v) is 6.20. The van der Waals surface area contributed by atoms with Crippen molar-refractivity contribution in [1.82, 2.24) is 10.3 Å². The molecule has 0 aliphatic carbocycles. The number of pyridine rings is 1. The predicted molar refractivity (Wildman–Crippen MR) is 70.6 cm³/mol. The monoisotopic (exact) mass is 262 g/mol. The zero-order valence-corrected chi connectivity index (χ0v) is 10.9. The van der Waals surface area contributed by atoms with Crippen molar-refractivity contribution >= 4 is 0 Å². The van der Waals surface area contributed by atoms with Crippen LogP contribution in [0.3, 0.4) is 0 Å². The fraction of sp³-hybridized carbons (Fsp3) is 0.267. The van der Waals surface area contributed by atoms with Crippen molar-refractivity contribution < 1.29 is 8.78 Å². The molecule has 2 rings (SSSR count). The maximum absolute atomic E-state index is 13.7. The third-order valence-corrected chi connectivity index (χ3v) is 3.06. The van der Waals surface area contributed by atoms with Crippen molar-refractivity contribution in [2.45, 2.75) is 25.9 Å². The Hall–Kier alpha value is -1.81. The van der Waals surface area contributed by atoms with E-state index in [1.807, 2.05) is 25.1 Å². The number of hydrogen-bond donors (Lipinski definition) is 1. The minimum atomic E-state index is -0.435. The van der Waals surface area contributed by atoms with Gasteiger partial charge in [-0.2, -0.15) is 0 Å². The Morgan fingerprint density at radius 3 is 2.53 bits per heavy atom. The van der Waals surface area contributed by atoms with Crippen LogP contribution in [-0.4, -0.2) is 4.98 Å². The van der Waals surface area contributed by atoms with Gasteiger partial charge in [-0.1, -0.05) is 6.07 Å². The molecule has 0 spiro atoms. The van der Waals surface area contributed by atoms with E-state index in [-0.39, 0.29) is 12.1 Å². The van der Waals surface area contributed by atoms with Gasteiger partial charge in [0.05, 0.1) is 5.69 Å². The van der Waals surface area contributed by atoms with Crippen molar-refractivity contribution in [1.29, 1.82) is 0 Å². The van der Waals surface area contributed by atoms with Gasteiger partial charge >= 0.3 is 0 Å². The van der Waals surface area contributed by atoms with E-state index in [2.05, 4.69) is 10.3 Å². The van der Waals surface area contributed by atoms with E-state index in [1.54, 1.807) is 13.1 Å². The van der Waals surface area contributed by atoms with Crippen LogP contribution in [0.4, 0.5) is 8.78 Å². The molecule has 0 saturated carbocycles. The normalized spacial score (nSPS) is 14.1.